The number of aliphatic hydroxyl groups is 4. The number of imide groups is 1. The molecule has 0 saturated carbocycles. The van der Waals surface area contributed by atoms with E-state index in [2.05, 4.69) is 0 Å². The van der Waals surface area contributed by atoms with E-state index < -0.39 is 66.5 Å². The molecule has 214 valence electrons. The summed E-state index contributed by atoms with van der Waals surface area (Å²) in [5.74, 6) is -3.07. The zero-order chi connectivity index (χ0) is 28.7. The van der Waals surface area contributed by atoms with Gasteiger partial charge >= 0.3 is 18.0 Å². The topological polar surface area (TPSA) is 174 Å². The molecule has 0 aromatic rings. The smallest absolute Gasteiger partial charge is 0.338 e. The lowest BCUT2D eigenvalue weighted by molar-refractivity contribution is -0.181. The first kappa shape index (κ1) is 32.7. The summed E-state index contributed by atoms with van der Waals surface area (Å²) in [6, 6.07) is -1.52. The Morgan fingerprint density at radius 3 is 1.92 bits per heavy atom. The van der Waals surface area contributed by atoms with Crippen molar-refractivity contribution in [3.63, 3.8) is 0 Å². The minimum absolute atomic E-state index is 0.128. The van der Waals surface area contributed by atoms with Crippen molar-refractivity contribution in [1.29, 1.82) is 0 Å². The van der Waals surface area contributed by atoms with Crippen LogP contribution in [0.25, 0.3) is 0 Å². The Balaban J connectivity index is 2.73. The molecular formula is C25H44N2O10. The van der Waals surface area contributed by atoms with Gasteiger partial charge in [-0.3, -0.25) is 9.69 Å². The first-order valence-corrected chi connectivity index (χ1v) is 12.7. The molecule has 1 rings (SSSR count). The number of esters is 2. The van der Waals surface area contributed by atoms with E-state index in [4.69, 9.17) is 9.47 Å². The standard InChI is InChI=1S/C25H44N2O10/c1-8-17-20(32)27(12-15(28)11-25(7,9-2)10-3)23(35)26(17)13-16(29)14-36-21(33)18(30)19(31)22(34)37-24(4,5)6/h15-19,28-31H,8-14H2,1-7H3. The number of carbonyl (C=O) groups excluding carboxylic acids is 4. The van der Waals surface area contributed by atoms with E-state index in [-0.39, 0.29) is 24.9 Å². The Morgan fingerprint density at radius 1 is 0.892 bits per heavy atom. The number of rotatable bonds is 14. The van der Waals surface area contributed by atoms with Gasteiger partial charge < -0.3 is 34.8 Å². The molecule has 37 heavy (non-hydrogen) atoms. The van der Waals surface area contributed by atoms with E-state index in [1.807, 2.05) is 20.8 Å². The summed E-state index contributed by atoms with van der Waals surface area (Å²) in [6.07, 6.45) is -4.40. The molecule has 4 N–H and O–H groups in total. The monoisotopic (exact) mass is 532 g/mol. The van der Waals surface area contributed by atoms with Crippen LogP contribution in [0.3, 0.4) is 0 Å². The van der Waals surface area contributed by atoms with Gasteiger partial charge in [0.05, 0.1) is 19.2 Å². The molecule has 0 bridgehead atoms. The van der Waals surface area contributed by atoms with Gasteiger partial charge in [0.1, 0.15) is 24.4 Å². The second-order valence-corrected chi connectivity index (χ2v) is 10.9. The van der Waals surface area contributed by atoms with Gasteiger partial charge in [-0.25, -0.2) is 14.4 Å². The Bertz CT molecular complexity index is 808. The summed E-state index contributed by atoms with van der Waals surface area (Å²) in [6.45, 7) is 11.2. The SMILES string of the molecule is CCC1C(=O)N(CC(O)CC(C)(CC)CC)C(=O)N1CC(O)COC(=O)C(O)C(O)C(=O)OC(C)(C)C. The van der Waals surface area contributed by atoms with Gasteiger partial charge in [-0.15, -0.1) is 0 Å². The van der Waals surface area contributed by atoms with E-state index in [0.29, 0.717) is 6.42 Å². The predicted octanol–water partition coefficient (Wildman–Crippen LogP) is 0.574. The summed E-state index contributed by atoms with van der Waals surface area (Å²) >= 11 is 0. The largest absolute Gasteiger partial charge is 0.461 e. The van der Waals surface area contributed by atoms with Gasteiger partial charge in [-0.2, -0.15) is 0 Å². The van der Waals surface area contributed by atoms with Crippen molar-refractivity contribution in [2.75, 3.05) is 19.7 Å². The maximum atomic E-state index is 13.0. The zero-order valence-electron chi connectivity index (χ0n) is 23.0. The predicted molar refractivity (Wildman–Crippen MR) is 132 cm³/mol. The van der Waals surface area contributed by atoms with Crippen molar-refractivity contribution in [1.82, 2.24) is 9.80 Å². The molecule has 0 aliphatic carbocycles. The zero-order valence-corrected chi connectivity index (χ0v) is 23.0. The van der Waals surface area contributed by atoms with Crippen molar-refractivity contribution < 1.29 is 49.1 Å². The molecule has 1 aliphatic rings. The number of aliphatic hydroxyl groups excluding tert-OH is 4. The normalized spacial score (nSPS) is 20.0. The van der Waals surface area contributed by atoms with Crippen molar-refractivity contribution in [2.45, 2.75) is 110 Å². The fourth-order valence-corrected chi connectivity index (χ4v) is 4.01. The van der Waals surface area contributed by atoms with Gasteiger partial charge in [0, 0.05) is 0 Å². The van der Waals surface area contributed by atoms with Crippen LogP contribution in [-0.2, 0) is 23.9 Å². The maximum absolute atomic E-state index is 13.0. The summed E-state index contributed by atoms with van der Waals surface area (Å²) in [5, 5.41) is 40.7. The maximum Gasteiger partial charge on any atom is 0.338 e. The number of urea groups is 1. The number of ether oxygens (including phenoxy) is 2. The third-order valence-corrected chi connectivity index (χ3v) is 6.63. The quantitative estimate of drug-likeness (QED) is 0.183. The van der Waals surface area contributed by atoms with Crippen LogP contribution in [-0.4, -0.2) is 110 Å². The molecule has 12 heteroatoms. The lowest BCUT2D eigenvalue weighted by Crippen LogP contribution is -2.45. The Hall–Kier alpha value is -2.28. The lowest BCUT2D eigenvalue weighted by atomic mass is 9.79. The highest BCUT2D eigenvalue weighted by atomic mass is 16.6. The average molecular weight is 533 g/mol. The number of β-amino-alcohol motifs (C(OH)–C–C–N with tert-alkyl or cyclic N) is 2. The Kier molecular flexibility index (Phi) is 11.9. The van der Waals surface area contributed by atoms with Gasteiger partial charge in [0.15, 0.2) is 12.2 Å². The van der Waals surface area contributed by atoms with Crippen LogP contribution < -0.4 is 0 Å². The number of hydrogen-bond donors (Lipinski definition) is 4. The van der Waals surface area contributed by atoms with Crippen LogP contribution in [0.4, 0.5) is 4.79 Å². The first-order valence-electron chi connectivity index (χ1n) is 12.7. The van der Waals surface area contributed by atoms with E-state index in [0.717, 1.165) is 22.6 Å². The molecule has 1 saturated heterocycles. The highest BCUT2D eigenvalue weighted by Crippen LogP contribution is 2.32. The third-order valence-electron chi connectivity index (χ3n) is 6.63. The molecule has 0 aromatic carbocycles. The third kappa shape index (κ3) is 9.20. The van der Waals surface area contributed by atoms with Crippen molar-refractivity contribution in [3.05, 3.63) is 0 Å². The lowest BCUT2D eigenvalue weighted by Gasteiger charge is -2.30. The van der Waals surface area contributed by atoms with Gasteiger partial charge in [-0.05, 0) is 39.0 Å². The highest BCUT2D eigenvalue weighted by molar-refractivity contribution is 6.04. The summed E-state index contributed by atoms with van der Waals surface area (Å²) < 4.78 is 9.70. The molecule has 3 amide bonds. The van der Waals surface area contributed by atoms with Crippen LogP contribution in [0.5, 0.6) is 0 Å². The van der Waals surface area contributed by atoms with E-state index in [9.17, 15) is 39.6 Å². The number of nitrogens with zero attached hydrogens (tertiary/aromatic N) is 2. The molecule has 1 heterocycles. The molecule has 1 fully saturated rings. The molecule has 0 aromatic heterocycles. The fraction of sp³-hybridized carbons (Fsp3) is 0.840. The molecule has 5 atom stereocenters. The number of hydrogen-bond acceptors (Lipinski definition) is 10. The summed E-state index contributed by atoms with van der Waals surface area (Å²) in [7, 11) is 0. The second-order valence-electron chi connectivity index (χ2n) is 10.9. The van der Waals surface area contributed by atoms with Crippen LogP contribution in [0, 0.1) is 5.41 Å². The van der Waals surface area contributed by atoms with Crippen LogP contribution >= 0.6 is 0 Å². The second kappa shape index (κ2) is 13.5. The Morgan fingerprint density at radius 2 is 1.43 bits per heavy atom. The van der Waals surface area contributed by atoms with Crippen LogP contribution in [0.15, 0.2) is 0 Å². The van der Waals surface area contributed by atoms with Gasteiger partial charge in [0.2, 0.25) is 0 Å². The van der Waals surface area contributed by atoms with Crippen LogP contribution in [0.2, 0.25) is 0 Å². The van der Waals surface area contributed by atoms with E-state index in [1.54, 1.807) is 27.7 Å². The molecule has 12 nitrogen and oxygen atoms in total. The molecular weight excluding hydrogens is 488 g/mol. The van der Waals surface area contributed by atoms with Crippen molar-refractivity contribution in [3.8, 4) is 0 Å². The van der Waals surface area contributed by atoms with E-state index in [1.165, 1.54) is 0 Å². The highest BCUT2D eigenvalue weighted by Gasteiger charge is 2.45. The van der Waals surface area contributed by atoms with Crippen molar-refractivity contribution >= 4 is 23.9 Å². The molecule has 5 unspecified atom stereocenters. The minimum Gasteiger partial charge on any atom is -0.461 e. The van der Waals surface area contributed by atoms with Crippen LogP contribution in [0.1, 0.15) is 74.1 Å². The molecule has 1 aliphatic heterocycles. The minimum atomic E-state index is -2.24. The van der Waals surface area contributed by atoms with Crippen molar-refractivity contribution in [2.24, 2.45) is 5.41 Å². The number of carbonyl (C=O) groups is 4. The van der Waals surface area contributed by atoms with E-state index >= 15 is 0 Å². The summed E-state index contributed by atoms with van der Waals surface area (Å²) in [4.78, 5) is 51.8. The summed E-state index contributed by atoms with van der Waals surface area (Å²) in [5.41, 5.74) is -1.08. The Labute approximate surface area is 218 Å². The fourth-order valence-electron chi connectivity index (χ4n) is 4.01. The van der Waals surface area contributed by atoms with Gasteiger partial charge in [-0.1, -0.05) is 40.5 Å². The molecule has 0 spiro atoms. The van der Waals surface area contributed by atoms with Gasteiger partial charge in [0.25, 0.3) is 5.91 Å². The molecule has 0 radical (unpaired) electrons. The average Bonchev–Trinajstić information content (AvgIpc) is 3.03. The first-order chi connectivity index (χ1) is 17.0. The number of amides is 3.